The first-order valence-corrected chi connectivity index (χ1v) is 11.6. The van der Waals surface area contributed by atoms with Gasteiger partial charge in [0.05, 0.1) is 4.90 Å². The third-order valence-electron chi connectivity index (χ3n) is 5.32. The number of fused-ring (bicyclic) bond motifs is 1. The standard InChI is InChI=1S/C21H28N4O4S/c22-21(27)23-11-5-1-2-8-20(26)24-12-14-25(15-13-24)30(28,29)19-10-9-17-6-3-4-7-18(17)16-19/h3-4,6-7,9-10,16H,1-2,5,8,11-15H2,(H3,22,23,27). The number of rotatable bonds is 8. The topological polar surface area (TPSA) is 113 Å². The summed E-state index contributed by atoms with van der Waals surface area (Å²) in [7, 11) is -3.59. The number of carbonyl (C=O) groups is 2. The molecule has 0 atom stereocenters. The molecule has 3 amide bonds. The molecule has 1 heterocycles. The van der Waals surface area contributed by atoms with Gasteiger partial charge in [-0.05, 0) is 35.7 Å². The highest BCUT2D eigenvalue weighted by Gasteiger charge is 2.30. The van der Waals surface area contributed by atoms with Crippen LogP contribution in [-0.2, 0) is 14.8 Å². The molecule has 1 aliphatic rings. The van der Waals surface area contributed by atoms with E-state index in [4.69, 9.17) is 5.73 Å². The smallest absolute Gasteiger partial charge is 0.312 e. The minimum absolute atomic E-state index is 0.0422. The van der Waals surface area contributed by atoms with Crippen molar-refractivity contribution in [2.45, 2.75) is 30.6 Å². The van der Waals surface area contributed by atoms with Gasteiger partial charge in [-0.2, -0.15) is 4.31 Å². The van der Waals surface area contributed by atoms with Gasteiger partial charge in [-0.1, -0.05) is 36.8 Å². The van der Waals surface area contributed by atoms with Crippen LogP contribution in [0.2, 0.25) is 0 Å². The molecule has 3 N–H and O–H groups in total. The minimum atomic E-state index is -3.59. The average Bonchev–Trinajstić information content (AvgIpc) is 2.75. The normalized spacial score (nSPS) is 15.3. The van der Waals surface area contributed by atoms with E-state index in [1.807, 2.05) is 30.3 Å². The van der Waals surface area contributed by atoms with Crippen LogP contribution >= 0.6 is 0 Å². The summed E-state index contributed by atoms with van der Waals surface area (Å²) < 4.78 is 27.5. The molecule has 1 fully saturated rings. The number of unbranched alkanes of at least 4 members (excludes halogenated alkanes) is 2. The van der Waals surface area contributed by atoms with E-state index in [0.717, 1.165) is 30.0 Å². The number of nitrogens with two attached hydrogens (primary N) is 1. The lowest BCUT2D eigenvalue weighted by Gasteiger charge is -2.34. The van der Waals surface area contributed by atoms with Crippen LogP contribution in [0, 0.1) is 0 Å². The van der Waals surface area contributed by atoms with Crippen LogP contribution in [-0.4, -0.2) is 62.3 Å². The Morgan fingerprint density at radius 2 is 1.63 bits per heavy atom. The monoisotopic (exact) mass is 432 g/mol. The van der Waals surface area contributed by atoms with Gasteiger partial charge in [0.15, 0.2) is 0 Å². The summed E-state index contributed by atoms with van der Waals surface area (Å²) in [5.74, 6) is 0.0422. The molecule has 0 unspecified atom stereocenters. The van der Waals surface area contributed by atoms with E-state index in [1.165, 1.54) is 4.31 Å². The summed E-state index contributed by atoms with van der Waals surface area (Å²) in [6, 6.07) is 12.3. The Bertz CT molecular complexity index is 1000. The summed E-state index contributed by atoms with van der Waals surface area (Å²) in [6.45, 7) is 1.89. The fourth-order valence-corrected chi connectivity index (χ4v) is 5.06. The summed E-state index contributed by atoms with van der Waals surface area (Å²) in [4.78, 5) is 25.0. The number of hydrogen-bond donors (Lipinski definition) is 2. The quantitative estimate of drug-likeness (QED) is 0.620. The molecule has 1 saturated heterocycles. The van der Waals surface area contributed by atoms with Crippen molar-refractivity contribution in [1.82, 2.24) is 14.5 Å². The highest BCUT2D eigenvalue weighted by molar-refractivity contribution is 7.89. The van der Waals surface area contributed by atoms with E-state index in [-0.39, 0.29) is 10.8 Å². The number of piperazine rings is 1. The zero-order valence-electron chi connectivity index (χ0n) is 16.9. The maximum Gasteiger partial charge on any atom is 0.312 e. The maximum absolute atomic E-state index is 13.0. The summed E-state index contributed by atoms with van der Waals surface area (Å²) in [5.41, 5.74) is 5.00. The predicted molar refractivity (Wildman–Crippen MR) is 115 cm³/mol. The molecule has 162 valence electrons. The van der Waals surface area contributed by atoms with Gasteiger partial charge in [-0.3, -0.25) is 4.79 Å². The Hall–Kier alpha value is -2.65. The van der Waals surface area contributed by atoms with Crippen LogP contribution in [0.4, 0.5) is 4.79 Å². The molecule has 9 heteroatoms. The van der Waals surface area contributed by atoms with E-state index < -0.39 is 16.1 Å². The zero-order valence-corrected chi connectivity index (χ0v) is 17.7. The van der Waals surface area contributed by atoms with Gasteiger partial charge in [0.25, 0.3) is 0 Å². The summed E-state index contributed by atoms with van der Waals surface area (Å²) in [6.07, 6.45) is 2.75. The van der Waals surface area contributed by atoms with E-state index in [1.54, 1.807) is 17.0 Å². The lowest BCUT2D eigenvalue weighted by molar-refractivity contribution is -0.132. The number of primary amides is 1. The van der Waals surface area contributed by atoms with E-state index >= 15 is 0 Å². The molecule has 0 radical (unpaired) electrons. The SMILES string of the molecule is NC(=O)NCCCCCC(=O)N1CCN(S(=O)(=O)c2ccc3ccccc3c2)CC1. The second kappa shape index (κ2) is 9.90. The number of amides is 3. The first kappa shape index (κ1) is 22.0. The van der Waals surface area contributed by atoms with Gasteiger partial charge in [-0.15, -0.1) is 0 Å². The van der Waals surface area contributed by atoms with Crippen molar-refractivity contribution in [2.24, 2.45) is 5.73 Å². The second-order valence-electron chi connectivity index (χ2n) is 7.40. The third kappa shape index (κ3) is 5.48. The lowest BCUT2D eigenvalue weighted by atomic mass is 10.1. The maximum atomic E-state index is 13.0. The molecule has 0 spiro atoms. The number of benzene rings is 2. The Morgan fingerprint density at radius 1 is 0.933 bits per heavy atom. The van der Waals surface area contributed by atoms with Crippen LogP contribution in [0.5, 0.6) is 0 Å². The van der Waals surface area contributed by atoms with Crippen LogP contribution in [0.1, 0.15) is 25.7 Å². The Labute approximate surface area is 177 Å². The first-order valence-electron chi connectivity index (χ1n) is 10.2. The van der Waals surface area contributed by atoms with Crippen LogP contribution in [0.15, 0.2) is 47.4 Å². The summed E-state index contributed by atoms with van der Waals surface area (Å²) in [5, 5.41) is 4.41. The van der Waals surface area contributed by atoms with Gasteiger partial charge in [-0.25, -0.2) is 13.2 Å². The molecule has 30 heavy (non-hydrogen) atoms. The van der Waals surface area contributed by atoms with Gasteiger partial charge in [0.2, 0.25) is 15.9 Å². The molecule has 2 aromatic carbocycles. The Morgan fingerprint density at radius 3 is 2.33 bits per heavy atom. The number of sulfonamides is 1. The molecule has 0 saturated carbocycles. The molecule has 1 aliphatic heterocycles. The van der Waals surface area contributed by atoms with Crippen molar-refractivity contribution in [1.29, 1.82) is 0 Å². The van der Waals surface area contributed by atoms with Crippen molar-refractivity contribution < 1.29 is 18.0 Å². The number of hydrogen-bond acceptors (Lipinski definition) is 4. The molecule has 3 rings (SSSR count). The molecule has 0 aromatic heterocycles. The third-order valence-corrected chi connectivity index (χ3v) is 7.21. The number of nitrogens with one attached hydrogen (secondary N) is 1. The number of urea groups is 1. The first-order chi connectivity index (χ1) is 14.4. The fraction of sp³-hybridized carbons (Fsp3) is 0.429. The van der Waals surface area contributed by atoms with Crippen molar-refractivity contribution in [2.75, 3.05) is 32.7 Å². The average molecular weight is 433 g/mol. The van der Waals surface area contributed by atoms with Gasteiger partial charge in [0.1, 0.15) is 0 Å². The van der Waals surface area contributed by atoms with Gasteiger partial charge in [0, 0.05) is 39.1 Å². The van der Waals surface area contributed by atoms with E-state index in [0.29, 0.717) is 39.1 Å². The highest BCUT2D eigenvalue weighted by atomic mass is 32.2. The Balaban J connectivity index is 1.49. The molecule has 0 bridgehead atoms. The van der Waals surface area contributed by atoms with Crippen molar-refractivity contribution in [3.05, 3.63) is 42.5 Å². The largest absolute Gasteiger partial charge is 0.352 e. The van der Waals surface area contributed by atoms with Crippen molar-refractivity contribution >= 4 is 32.7 Å². The van der Waals surface area contributed by atoms with Crippen molar-refractivity contribution in [3.63, 3.8) is 0 Å². The van der Waals surface area contributed by atoms with Crippen LogP contribution in [0.3, 0.4) is 0 Å². The Kier molecular flexibility index (Phi) is 7.28. The van der Waals surface area contributed by atoms with Gasteiger partial charge < -0.3 is 16.0 Å². The summed E-state index contributed by atoms with van der Waals surface area (Å²) >= 11 is 0. The molecular formula is C21H28N4O4S. The highest BCUT2D eigenvalue weighted by Crippen LogP contribution is 2.23. The van der Waals surface area contributed by atoms with Crippen LogP contribution in [0.25, 0.3) is 10.8 Å². The second-order valence-corrected chi connectivity index (χ2v) is 9.33. The number of carbonyl (C=O) groups excluding carboxylic acids is 2. The molecule has 2 aromatic rings. The molecule has 0 aliphatic carbocycles. The predicted octanol–water partition coefficient (Wildman–Crippen LogP) is 1.90. The van der Waals surface area contributed by atoms with Crippen molar-refractivity contribution in [3.8, 4) is 0 Å². The van der Waals surface area contributed by atoms with E-state index in [9.17, 15) is 18.0 Å². The molecular weight excluding hydrogens is 404 g/mol. The fourth-order valence-electron chi connectivity index (χ4n) is 3.60. The van der Waals surface area contributed by atoms with Gasteiger partial charge >= 0.3 is 6.03 Å². The zero-order chi connectivity index (χ0) is 21.6. The minimum Gasteiger partial charge on any atom is -0.352 e. The van der Waals surface area contributed by atoms with E-state index in [2.05, 4.69) is 5.32 Å². The lowest BCUT2D eigenvalue weighted by Crippen LogP contribution is -2.50. The van der Waals surface area contributed by atoms with Crippen LogP contribution < -0.4 is 11.1 Å². The number of nitrogens with zero attached hydrogens (tertiary/aromatic N) is 2. The molecule has 8 nitrogen and oxygen atoms in total.